The SMILES string of the molecule is N#CCc1ccc(NC(=O)[C@@H]2Cc3ccccc3N2)cc1. The first-order valence-corrected chi connectivity index (χ1v) is 6.87. The fourth-order valence-corrected chi connectivity index (χ4v) is 2.48. The first-order chi connectivity index (χ1) is 10.3. The van der Waals surface area contributed by atoms with Crippen LogP contribution in [0, 0.1) is 11.3 Å². The number of carbonyl (C=O) groups excluding carboxylic acids is 1. The molecule has 1 aliphatic heterocycles. The van der Waals surface area contributed by atoms with Gasteiger partial charge in [-0.25, -0.2) is 0 Å². The predicted molar refractivity (Wildman–Crippen MR) is 81.9 cm³/mol. The normalized spacial score (nSPS) is 15.7. The number of carbonyl (C=O) groups is 1. The molecule has 0 unspecified atom stereocenters. The third-order valence-electron chi connectivity index (χ3n) is 3.59. The van der Waals surface area contributed by atoms with E-state index in [1.54, 1.807) is 0 Å². The van der Waals surface area contributed by atoms with Gasteiger partial charge in [0.05, 0.1) is 12.5 Å². The van der Waals surface area contributed by atoms with Crippen LogP contribution >= 0.6 is 0 Å². The highest BCUT2D eigenvalue weighted by Crippen LogP contribution is 2.25. The summed E-state index contributed by atoms with van der Waals surface area (Å²) in [6, 6.07) is 17.2. The van der Waals surface area contributed by atoms with Crippen molar-refractivity contribution in [3.63, 3.8) is 0 Å². The zero-order valence-corrected chi connectivity index (χ0v) is 11.5. The minimum atomic E-state index is -0.235. The van der Waals surface area contributed by atoms with Crippen LogP contribution in [0.15, 0.2) is 48.5 Å². The van der Waals surface area contributed by atoms with Crippen LogP contribution in [-0.2, 0) is 17.6 Å². The topological polar surface area (TPSA) is 64.9 Å². The Labute approximate surface area is 123 Å². The van der Waals surface area contributed by atoms with Gasteiger partial charge in [0.15, 0.2) is 0 Å². The van der Waals surface area contributed by atoms with Crippen LogP contribution in [0.3, 0.4) is 0 Å². The standard InChI is InChI=1S/C17H15N3O/c18-10-9-12-5-7-14(8-6-12)19-17(21)16-11-13-3-1-2-4-15(13)20-16/h1-8,16,20H,9,11H2,(H,19,21)/t16-/m0/s1. The number of benzene rings is 2. The molecule has 104 valence electrons. The molecular weight excluding hydrogens is 262 g/mol. The molecule has 0 saturated heterocycles. The van der Waals surface area contributed by atoms with E-state index in [0.717, 1.165) is 16.9 Å². The van der Waals surface area contributed by atoms with E-state index in [2.05, 4.69) is 16.7 Å². The molecule has 0 saturated carbocycles. The van der Waals surface area contributed by atoms with E-state index in [1.165, 1.54) is 5.56 Å². The summed E-state index contributed by atoms with van der Waals surface area (Å²) in [5.74, 6) is -0.0424. The summed E-state index contributed by atoms with van der Waals surface area (Å²) in [7, 11) is 0. The lowest BCUT2D eigenvalue weighted by molar-refractivity contribution is -0.116. The number of rotatable bonds is 3. The van der Waals surface area contributed by atoms with Gasteiger partial charge < -0.3 is 10.6 Å². The molecule has 3 rings (SSSR count). The van der Waals surface area contributed by atoms with E-state index < -0.39 is 0 Å². The third-order valence-corrected chi connectivity index (χ3v) is 3.59. The zero-order chi connectivity index (χ0) is 14.7. The van der Waals surface area contributed by atoms with Crippen molar-refractivity contribution >= 4 is 17.3 Å². The molecule has 0 radical (unpaired) electrons. The van der Waals surface area contributed by atoms with Crippen LogP contribution in [0.25, 0.3) is 0 Å². The molecular formula is C17H15N3O. The van der Waals surface area contributed by atoms with Crippen LogP contribution in [0.1, 0.15) is 11.1 Å². The molecule has 1 amide bonds. The van der Waals surface area contributed by atoms with E-state index in [-0.39, 0.29) is 11.9 Å². The van der Waals surface area contributed by atoms with Crippen molar-refractivity contribution in [1.29, 1.82) is 5.26 Å². The van der Waals surface area contributed by atoms with Crippen molar-refractivity contribution in [2.45, 2.75) is 18.9 Å². The molecule has 4 nitrogen and oxygen atoms in total. The van der Waals surface area contributed by atoms with Crippen molar-refractivity contribution in [2.24, 2.45) is 0 Å². The monoisotopic (exact) mass is 277 g/mol. The second-order valence-electron chi connectivity index (χ2n) is 5.08. The minimum absolute atomic E-state index is 0.0424. The molecule has 21 heavy (non-hydrogen) atoms. The number of anilines is 2. The van der Waals surface area contributed by atoms with Gasteiger partial charge in [-0.2, -0.15) is 5.26 Å². The molecule has 4 heteroatoms. The Morgan fingerprint density at radius 3 is 2.71 bits per heavy atom. The minimum Gasteiger partial charge on any atom is -0.373 e. The van der Waals surface area contributed by atoms with E-state index in [1.807, 2.05) is 48.5 Å². The van der Waals surface area contributed by atoms with Gasteiger partial charge in [0, 0.05) is 17.8 Å². The first kappa shape index (κ1) is 13.2. The van der Waals surface area contributed by atoms with Gasteiger partial charge in [-0.15, -0.1) is 0 Å². The Kier molecular flexibility index (Phi) is 3.57. The summed E-state index contributed by atoms with van der Waals surface area (Å²) in [5.41, 5.74) is 3.89. The van der Waals surface area contributed by atoms with Crippen LogP contribution < -0.4 is 10.6 Å². The number of fused-ring (bicyclic) bond motifs is 1. The quantitative estimate of drug-likeness (QED) is 0.906. The molecule has 2 aromatic carbocycles. The Balaban J connectivity index is 1.64. The highest BCUT2D eigenvalue weighted by atomic mass is 16.2. The number of amides is 1. The Morgan fingerprint density at radius 1 is 1.24 bits per heavy atom. The van der Waals surface area contributed by atoms with Gasteiger partial charge in [0.2, 0.25) is 5.91 Å². The average Bonchev–Trinajstić information content (AvgIpc) is 2.94. The molecule has 0 spiro atoms. The Hall–Kier alpha value is -2.80. The summed E-state index contributed by atoms with van der Waals surface area (Å²) >= 11 is 0. The van der Waals surface area contributed by atoms with Crippen LogP contribution in [-0.4, -0.2) is 11.9 Å². The van der Waals surface area contributed by atoms with E-state index >= 15 is 0 Å². The second-order valence-corrected chi connectivity index (χ2v) is 5.08. The van der Waals surface area contributed by atoms with Crippen molar-refractivity contribution in [3.05, 3.63) is 59.7 Å². The van der Waals surface area contributed by atoms with Gasteiger partial charge in [0.25, 0.3) is 0 Å². The molecule has 1 heterocycles. The van der Waals surface area contributed by atoms with Crippen LogP contribution in [0.2, 0.25) is 0 Å². The van der Waals surface area contributed by atoms with Crippen LogP contribution in [0.5, 0.6) is 0 Å². The predicted octanol–water partition coefficient (Wildman–Crippen LogP) is 2.73. The summed E-state index contributed by atoms with van der Waals surface area (Å²) in [6.45, 7) is 0. The van der Waals surface area contributed by atoms with Gasteiger partial charge >= 0.3 is 0 Å². The summed E-state index contributed by atoms with van der Waals surface area (Å²) in [6.07, 6.45) is 1.09. The molecule has 1 atom stereocenters. The number of hydrogen-bond donors (Lipinski definition) is 2. The van der Waals surface area contributed by atoms with Gasteiger partial charge in [0.1, 0.15) is 6.04 Å². The molecule has 0 aliphatic carbocycles. The van der Waals surface area contributed by atoms with Gasteiger partial charge in [-0.05, 0) is 29.3 Å². The molecule has 0 fully saturated rings. The van der Waals surface area contributed by atoms with Crippen molar-refractivity contribution in [1.82, 2.24) is 0 Å². The largest absolute Gasteiger partial charge is 0.373 e. The molecule has 1 aliphatic rings. The number of nitrogens with zero attached hydrogens (tertiary/aromatic N) is 1. The van der Waals surface area contributed by atoms with Crippen molar-refractivity contribution < 1.29 is 4.79 Å². The highest BCUT2D eigenvalue weighted by Gasteiger charge is 2.26. The van der Waals surface area contributed by atoms with E-state index in [0.29, 0.717) is 12.8 Å². The molecule has 0 bridgehead atoms. The fraction of sp³-hybridized carbons (Fsp3) is 0.176. The lowest BCUT2D eigenvalue weighted by atomic mass is 10.1. The number of para-hydroxylation sites is 1. The first-order valence-electron chi connectivity index (χ1n) is 6.87. The maximum Gasteiger partial charge on any atom is 0.247 e. The summed E-state index contributed by atoms with van der Waals surface area (Å²) in [4.78, 5) is 12.3. The Morgan fingerprint density at radius 2 is 2.00 bits per heavy atom. The molecule has 2 aromatic rings. The van der Waals surface area contributed by atoms with E-state index in [4.69, 9.17) is 5.26 Å². The smallest absolute Gasteiger partial charge is 0.247 e. The maximum atomic E-state index is 12.3. The van der Waals surface area contributed by atoms with Crippen molar-refractivity contribution in [3.8, 4) is 6.07 Å². The number of nitrogens with one attached hydrogen (secondary N) is 2. The zero-order valence-electron chi connectivity index (χ0n) is 11.5. The van der Waals surface area contributed by atoms with Gasteiger partial charge in [-0.3, -0.25) is 4.79 Å². The summed E-state index contributed by atoms with van der Waals surface area (Å²) < 4.78 is 0. The number of hydrogen-bond acceptors (Lipinski definition) is 3. The molecule has 0 aromatic heterocycles. The third kappa shape index (κ3) is 2.87. The molecule has 2 N–H and O–H groups in total. The van der Waals surface area contributed by atoms with Gasteiger partial charge in [-0.1, -0.05) is 30.3 Å². The second kappa shape index (κ2) is 5.68. The number of nitriles is 1. The maximum absolute atomic E-state index is 12.3. The lowest BCUT2D eigenvalue weighted by Gasteiger charge is -2.12. The lowest BCUT2D eigenvalue weighted by Crippen LogP contribution is -2.32. The average molecular weight is 277 g/mol. The highest BCUT2D eigenvalue weighted by molar-refractivity contribution is 5.98. The van der Waals surface area contributed by atoms with Crippen LogP contribution in [0.4, 0.5) is 11.4 Å². The Bertz CT molecular complexity index is 676. The summed E-state index contributed by atoms with van der Waals surface area (Å²) in [5, 5.41) is 14.8. The van der Waals surface area contributed by atoms with Crippen molar-refractivity contribution in [2.75, 3.05) is 10.6 Å². The van der Waals surface area contributed by atoms with E-state index in [9.17, 15) is 4.79 Å². The fourth-order valence-electron chi connectivity index (χ4n) is 2.48.